The first-order chi connectivity index (χ1) is 16.4. The smallest absolute Gasteiger partial charge is 0.220 e. The van der Waals surface area contributed by atoms with Gasteiger partial charge in [-0.25, -0.2) is 13.5 Å². The molecule has 4 saturated carbocycles. The van der Waals surface area contributed by atoms with E-state index in [4.69, 9.17) is 17.3 Å². The van der Waals surface area contributed by atoms with Crippen molar-refractivity contribution >= 4 is 18.4 Å². The van der Waals surface area contributed by atoms with E-state index in [1.807, 2.05) is 4.68 Å². The molecular formula is C25H32F2N6S. The Balaban J connectivity index is 1.40. The number of aromatic nitrogens is 3. The van der Waals surface area contributed by atoms with Gasteiger partial charge in [-0.05, 0) is 87.7 Å². The lowest BCUT2D eigenvalue weighted by Gasteiger charge is -2.55. The van der Waals surface area contributed by atoms with Gasteiger partial charge < -0.3 is 4.90 Å². The Morgan fingerprint density at radius 1 is 1.03 bits per heavy atom. The van der Waals surface area contributed by atoms with Crippen LogP contribution in [0.25, 0.3) is 0 Å². The van der Waals surface area contributed by atoms with Crippen LogP contribution in [0.5, 0.6) is 0 Å². The first-order valence-electron chi connectivity index (χ1n) is 12.5. The molecule has 182 valence electrons. The minimum atomic E-state index is -0.628. The summed E-state index contributed by atoms with van der Waals surface area (Å²) in [4.78, 5) is 4.68. The molecule has 0 spiro atoms. The molecule has 0 radical (unpaired) electrons. The molecule has 1 aromatic carbocycles. The van der Waals surface area contributed by atoms with E-state index in [2.05, 4.69) is 21.9 Å². The van der Waals surface area contributed by atoms with E-state index in [0.29, 0.717) is 11.4 Å². The van der Waals surface area contributed by atoms with Crippen molar-refractivity contribution < 1.29 is 8.78 Å². The number of hydrogen-bond donors (Lipinski definition) is 0. The third kappa shape index (κ3) is 3.95. The van der Waals surface area contributed by atoms with Gasteiger partial charge in [-0.1, -0.05) is 6.07 Å². The summed E-state index contributed by atoms with van der Waals surface area (Å²) >= 11 is 5.87. The highest BCUT2D eigenvalue weighted by Gasteiger charge is 2.54. The van der Waals surface area contributed by atoms with Crippen LogP contribution >= 0.6 is 12.2 Å². The Bertz CT molecular complexity index is 1110. The molecule has 2 heterocycles. The van der Waals surface area contributed by atoms with Crippen LogP contribution < -0.4 is 0 Å². The van der Waals surface area contributed by atoms with Crippen molar-refractivity contribution in [3.63, 3.8) is 0 Å². The zero-order chi connectivity index (χ0) is 23.4. The molecule has 1 aliphatic heterocycles. The van der Waals surface area contributed by atoms with Crippen LogP contribution in [0, 0.1) is 34.2 Å². The second kappa shape index (κ2) is 8.60. The molecular weight excluding hydrogens is 454 g/mol. The van der Waals surface area contributed by atoms with Gasteiger partial charge in [-0.3, -0.25) is 4.90 Å². The van der Waals surface area contributed by atoms with Crippen LogP contribution in [-0.4, -0.2) is 63.7 Å². The summed E-state index contributed by atoms with van der Waals surface area (Å²) in [5.41, 5.74) is -0.187. The predicted molar refractivity (Wildman–Crippen MR) is 129 cm³/mol. The summed E-state index contributed by atoms with van der Waals surface area (Å²) in [7, 11) is 2.14. The number of halogens is 2. The van der Waals surface area contributed by atoms with E-state index in [-0.39, 0.29) is 11.0 Å². The zero-order valence-electron chi connectivity index (χ0n) is 19.7. The zero-order valence-corrected chi connectivity index (χ0v) is 20.5. The summed E-state index contributed by atoms with van der Waals surface area (Å²) in [6, 6.07) is 3.86. The Labute approximate surface area is 204 Å². The Morgan fingerprint density at radius 3 is 2.21 bits per heavy atom. The summed E-state index contributed by atoms with van der Waals surface area (Å²) in [5, 5.41) is 9.67. The molecule has 0 atom stereocenters. The van der Waals surface area contributed by atoms with Gasteiger partial charge in [0.05, 0.1) is 18.4 Å². The van der Waals surface area contributed by atoms with E-state index >= 15 is 0 Å². The standard InChI is InChI=1S/C25H32F2N6S/c1-30-5-7-31(8-6-30)16-32-24(34)33(28-15-20-21(26)3-2-4-22(20)27)23(29-32)25-12-17-9-18(13-25)11-19(10-17)14-25/h2-4,15,17-19H,5-14,16H2,1H3/b28-15+. The quantitative estimate of drug-likeness (QED) is 0.468. The first kappa shape index (κ1) is 22.5. The van der Waals surface area contributed by atoms with Crippen LogP contribution in [-0.2, 0) is 12.1 Å². The van der Waals surface area contributed by atoms with Crippen LogP contribution in [0.4, 0.5) is 8.78 Å². The molecule has 1 saturated heterocycles. The first-order valence-corrected chi connectivity index (χ1v) is 12.9. The fourth-order valence-electron chi connectivity index (χ4n) is 7.24. The van der Waals surface area contributed by atoms with Crippen molar-refractivity contribution in [3.05, 3.63) is 46.0 Å². The fraction of sp³-hybridized carbons (Fsp3) is 0.640. The fourth-order valence-corrected chi connectivity index (χ4v) is 7.47. The molecule has 0 amide bonds. The predicted octanol–water partition coefficient (Wildman–Crippen LogP) is 4.25. The molecule has 34 heavy (non-hydrogen) atoms. The van der Waals surface area contributed by atoms with Gasteiger partial charge in [-0.15, -0.1) is 0 Å². The van der Waals surface area contributed by atoms with Crippen molar-refractivity contribution in [1.82, 2.24) is 24.3 Å². The Kier molecular flexibility index (Phi) is 5.69. The molecule has 0 N–H and O–H groups in total. The van der Waals surface area contributed by atoms with Gasteiger partial charge in [0.2, 0.25) is 4.77 Å². The average Bonchev–Trinajstić information content (AvgIpc) is 3.10. The van der Waals surface area contributed by atoms with Crippen LogP contribution in [0.1, 0.15) is 49.9 Å². The normalized spacial score (nSPS) is 31.7. The molecule has 5 fully saturated rings. The van der Waals surface area contributed by atoms with E-state index in [1.54, 1.807) is 4.68 Å². The number of likely N-dealkylation sites (N-methyl/N-ethyl adjacent to an activating group) is 1. The summed E-state index contributed by atoms with van der Waals surface area (Å²) < 4.78 is 32.7. The molecule has 4 aliphatic carbocycles. The number of hydrogen-bond acceptors (Lipinski definition) is 5. The molecule has 0 unspecified atom stereocenters. The van der Waals surface area contributed by atoms with Crippen LogP contribution in [0.3, 0.4) is 0 Å². The monoisotopic (exact) mass is 486 g/mol. The molecule has 4 bridgehead atoms. The van der Waals surface area contributed by atoms with Crippen LogP contribution in [0.15, 0.2) is 23.3 Å². The maximum Gasteiger partial charge on any atom is 0.220 e. The number of nitrogens with zero attached hydrogens (tertiary/aromatic N) is 6. The second-order valence-corrected chi connectivity index (χ2v) is 11.4. The van der Waals surface area contributed by atoms with Gasteiger partial charge in [0.1, 0.15) is 11.6 Å². The van der Waals surface area contributed by atoms with Crippen molar-refractivity contribution in [2.45, 2.75) is 50.6 Å². The molecule has 1 aromatic heterocycles. The van der Waals surface area contributed by atoms with Gasteiger partial charge in [0.25, 0.3) is 0 Å². The topological polar surface area (TPSA) is 41.6 Å². The Hall–Kier alpha value is -1.97. The lowest BCUT2D eigenvalue weighted by molar-refractivity contribution is -0.0112. The third-order valence-electron chi connectivity index (χ3n) is 8.56. The molecule has 6 nitrogen and oxygen atoms in total. The minimum absolute atomic E-state index is 0.0409. The number of rotatable bonds is 5. The highest BCUT2D eigenvalue weighted by molar-refractivity contribution is 7.71. The maximum absolute atomic E-state index is 14.3. The van der Waals surface area contributed by atoms with Crippen molar-refractivity contribution in [3.8, 4) is 0 Å². The van der Waals surface area contributed by atoms with Crippen molar-refractivity contribution in [2.24, 2.45) is 22.9 Å². The maximum atomic E-state index is 14.3. The van der Waals surface area contributed by atoms with Gasteiger partial charge in [0.15, 0.2) is 5.82 Å². The van der Waals surface area contributed by atoms with Crippen molar-refractivity contribution in [1.29, 1.82) is 0 Å². The minimum Gasteiger partial charge on any atom is -0.304 e. The molecule has 7 rings (SSSR count). The summed E-state index contributed by atoms with van der Waals surface area (Å²) in [6.45, 7) is 4.56. The largest absolute Gasteiger partial charge is 0.304 e. The lowest BCUT2D eigenvalue weighted by atomic mass is 9.49. The lowest BCUT2D eigenvalue weighted by Crippen LogP contribution is -2.49. The number of benzene rings is 1. The third-order valence-corrected chi connectivity index (χ3v) is 8.95. The number of piperazine rings is 1. The van der Waals surface area contributed by atoms with E-state index < -0.39 is 11.6 Å². The van der Waals surface area contributed by atoms with Crippen LogP contribution in [0.2, 0.25) is 0 Å². The molecule has 5 aliphatic rings. The second-order valence-electron chi connectivity index (χ2n) is 11.1. The van der Waals surface area contributed by atoms with Gasteiger partial charge in [-0.2, -0.15) is 14.9 Å². The molecule has 9 heteroatoms. The van der Waals surface area contributed by atoms with Gasteiger partial charge >= 0.3 is 0 Å². The summed E-state index contributed by atoms with van der Waals surface area (Å²) in [6.07, 6.45) is 8.59. The molecule has 2 aromatic rings. The summed E-state index contributed by atoms with van der Waals surface area (Å²) in [5.74, 6) is 1.85. The van der Waals surface area contributed by atoms with E-state index in [1.165, 1.54) is 43.7 Å². The van der Waals surface area contributed by atoms with E-state index in [9.17, 15) is 8.78 Å². The average molecular weight is 487 g/mol. The SMILES string of the molecule is CN1CCN(Cn2nc(C34CC5CC(CC(C5)C3)C4)n(/N=C/c3c(F)cccc3F)c2=S)CC1. The highest BCUT2D eigenvalue weighted by Crippen LogP contribution is 2.60. The van der Waals surface area contributed by atoms with E-state index in [0.717, 1.165) is 69.0 Å². The Morgan fingerprint density at radius 2 is 1.62 bits per heavy atom. The highest BCUT2D eigenvalue weighted by atomic mass is 32.1. The van der Waals surface area contributed by atoms with Crippen molar-refractivity contribution in [2.75, 3.05) is 33.2 Å². The van der Waals surface area contributed by atoms with Gasteiger partial charge in [0, 0.05) is 31.6 Å².